The van der Waals surface area contributed by atoms with Crippen molar-refractivity contribution in [2.45, 2.75) is 26.0 Å². The van der Waals surface area contributed by atoms with E-state index in [4.69, 9.17) is 0 Å². The van der Waals surface area contributed by atoms with Gasteiger partial charge < -0.3 is 10.0 Å². The second kappa shape index (κ2) is 6.32. The highest BCUT2D eigenvalue weighted by atomic mass is 16.3. The Hall–Kier alpha value is -2.14. The lowest BCUT2D eigenvalue weighted by atomic mass is 10.0. The Morgan fingerprint density at radius 3 is 2.86 bits per heavy atom. The standard InChI is InChI=1S/C17H21N3O2/c1-13(21)15-7-8-19(11-15)17(22)16-9-18-20(12-16)10-14-5-3-2-4-6-14/h2-6,9,12-13,15,21H,7-8,10-11H2,1H3. The summed E-state index contributed by atoms with van der Waals surface area (Å²) < 4.78 is 1.78. The maximum absolute atomic E-state index is 12.5. The molecule has 1 aromatic carbocycles. The second-order valence-electron chi connectivity index (χ2n) is 5.95. The highest BCUT2D eigenvalue weighted by Gasteiger charge is 2.30. The number of carbonyl (C=O) groups excluding carboxylic acids is 1. The molecule has 0 saturated carbocycles. The van der Waals surface area contributed by atoms with Crippen LogP contribution in [0.4, 0.5) is 0 Å². The molecule has 3 rings (SSSR count). The Morgan fingerprint density at radius 1 is 1.41 bits per heavy atom. The van der Waals surface area contributed by atoms with E-state index in [1.807, 2.05) is 30.3 Å². The Morgan fingerprint density at radius 2 is 2.18 bits per heavy atom. The molecule has 5 heteroatoms. The molecule has 1 N–H and O–H groups in total. The summed E-state index contributed by atoms with van der Waals surface area (Å²) in [5.74, 6) is 0.186. The first-order valence-corrected chi connectivity index (χ1v) is 7.67. The van der Waals surface area contributed by atoms with E-state index in [0.717, 1.165) is 12.0 Å². The molecule has 0 bridgehead atoms. The van der Waals surface area contributed by atoms with Gasteiger partial charge in [-0.1, -0.05) is 30.3 Å². The van der Waals surface area contributed by atoms with Gasteiger partial charge in [-0.15, -0.1) is 0 Å². The molecule has 1 aliphatic rings. The molecule has 22 heavy (non-hydrogen) atoms. The zero-order valence-electron chi connectivity index (χ0n) is 12.7. The maximum atomic E-state index is 12.5. The minimum absolute atomic E-state index is 0.00228. The van der Waals surface area contributed by atoms with E-state index in [1.54, 1.807) is 28.9 Å². The van der Waals surface area contributed by atoms with Crippen LogP contribution in [0.1, 0.15) is 29.3 Å². The Labute approximate surface area is 130 Å². The largest absolute Gasteiger partial charge is 0.393 e. The molecule has 1 amide bonds. The molecule has 1 aromatic heterocycles. The number of hydrogen-bond donors (Lipinski definition) is 1. The van der Waals surface area contributed by atoms with Gasteiger partial charge in [0, 0.05) is 25.2 Å². The summed E-state index contributed by atoms with van der Waals surface area (Å²) in [4.78, 5) is 14.3. The number of likely N-dealkylation sites (tertiary alicyclic amines) is 1. The zero-order valence-corrected chi connectivity index (χ0v) is 12.7. The van der Waals surface area contributed by atoms with Crippen molar-refractivity contribution in [1.82, 2.24) is 14.7 Å². The number of nitrogens with zero attached hydrogens (tertiary/aromatic N) is 3. The Balaban J connectivity index is 1.65. The lowest BCUT2D eigenvalue weighted by molar-refractivity contribution is 0.0762. The van der Waals surface area contributed by atoms with Crippen LogP contribution >= 0.6 is 0 Å². The molecule has 1 aliphatic heterocycles. The van der Waals surface area contributed by atoms with Crippen LogP contribution in [0.5, 0.6) is 0 Å². The molecule has 2 atom stereocenters. The molecule has 1 fully saturated rings. The minimum Gasteiger partial charge on any atom is -0.393 e. The van der Waals surface area contributed by atoms with Crippen LogP contribution in [-0.4, -0.2) is 44.9 Å². The third-order valence-electron chi connectivity index (χ3n) is 4.26. The second-order valence-corrected chi connectivity index (χ2v) is 5.95. The van der Waals surface area contributed by atoms with Crippen molar-refractivity contribution >= 4 is 5.91 Å². The first-order chi connectivity index (χ1) is 10.6. The van der Waals surface area contributed by atoms with Gasteiger partial charge in [-0.05, 0) is 18.9 Å². The third-order valence-corrected chi connectivity index (χ3v) is 4.26. The normalized spacial score (nSPS) is 19.4. The number of hydrogen-bond acceptors (Lipinski definition) is 3. The summed E-state index contributed by atoms with van der Waals surface area (Å²) in [6.07, 6.45) is 3.92. The highest BCUT2D eigenvalue weighted by Crippen LogP contribution is 2.21. The molecule has 1 saturated heterocycles. The number of rotatable bonds is 4. The van der Waals surface area contributed by atoms with Crippen LogP contribution < -0.4 is 0 Å². The van der Waals surface area contributed by atoms with Crippen molar-refractivity contribution in [1.29, 1.82) is 0 Å². The lowest BCUT2D eigenvalue weighted by Crippen LogP contribution is -2.30. The van der Waals surface area contributed by atoms with E-state index in [1.165, 1.54) is 0 Å². The number of aliphatic hydroxyl groups is 1. The van der Waals surface area contributed by atoms with Crippen LogP contribution in [0.3, 0.4) is 0 Å². The highest BCUT2D eigenvalue weighted by molar-refractivity contribution is 5.93. The van der Waals surface area contributed by atoms with E-state index in [0.29, 0.717) is 25.2 Å². The summed E-state index contributed by atoms with van der Waals surface area (Å²) in [5.41, 5.74) is 1.77. The topological polar surface area (TPSA) is 58.4 Å². The fraction of sp³-hybridized carbons (Fsp3) is 0.412. The van der Waals surface area contributed by atoms with E-state index in [-0.39, 0.29) is 17.9 Å². The number of aliphatic hydroxyl groups excluding tert-OH is 1. The van der Waals surface area contributed by atoms with Crippen LogP contribution in [0.15, 0.2) is 42.7 Å². The fourth-order valence-corrected chi connectivity index (χ4v) is 2.88. The minimum atomic E-state index is -0.362. The van der Waals surface area contributed by atoms with Crippen molar-refractivity contribution in [3.8, 4) is 0 Å². The smallest absolute Gasteiger partial charge is 0.257 e. The number of aromatic nitrogens is 2. The monoisotopic (exact) mass is 299 g/mol. The van der Waals surface area contributed by atoms with Gasteiger partial charge in [0.05, 0.1) is 24.4 Å². The Kier molecular flexibility index (Phi) is 4.24. The summed E-state index contributed by atoms with van der Waals surface area (Å²) in [6, 6.07) is 10.0. The lowest BCUT2D eigenvalue weighted by Gasteiger charge is -2.16. The molecule has 0 spiro atoms. The van der Waals surface area contributed by atoms with Crippen molar-refractivity contribution in [3.05, 3.63) is 53.9 Å². The summed E-state index contributed by atoms with van der Waals surface area (Å²) in [6.45, 7) is 3.78. The molecule has 116 valence electrons. The van der Waals surface area contributed by atoms with E-state index in [2.05, 4.69) is 5.10 Å². The van der Waals surface area contributed by atoms with E-state index < -0.39 is 0 Å². The van der Waals surface area contributed by atoms with Crippen LogP contribution in [0.25, 0.3) is 0 Å². The van der Waals surface area contributed by atoms with Gasteiger partial charge >= 0.3 is 0 Å². The van der Waals surface area contributed by atoms with Crippen LogP contribution in [0, 0.1) is 5.92 Å². The molecule has 2 heterocycles. The van der Waals surface area contributed by atoms with Crippen molar-refractivity contribution in [2.24, 2.45) is 5.92 Å². The van der Waals surface area contributed by atoms with Gasteiger partial charge in [0.25, 0.3) is 5.91 Å². The van der Waals surface area contributed by atoms with Gasteiger partial charge in [-0.25, -0.2) is 0 Å². The summed E-state index contributed by atoms with van der Waals surface area (Å²) >= 11 is 0. The first kappa shape index (κ1) is 14.8. The molecule has 0 radical (unpaired) electrons. The predicted molar refractivity (Wildman–Crippen MR) is 83.5 cm³/mol. The van der Waals surface area contributed by atoms with Crippen molar-refractivity contribution in [2.75, 3.05) is 13.1 Å². The number of carbonyl (C=O) groups is 1. The Bertz CT molecular complexity index is 636. The molecule has 2 aromatic rings. The first-order valence-electron chi connectivity index (χ1n) is 7.67. The van der Waals surface area contributed by atoms with Crippen molar-refractivity contribution < 1.29 is 9.90 Å². The van der Waals surface area contributed by atoms with Gasteiger partial charge in [0.1, 0.15) is 0 Å². The van der Waals surface area contributed by atoms with Crippen molar-refractivity contribution in [3.63, 3.8) is 0 Å². The molecule has 5 nitrogen and oxygen atoms in total. The third kappa shape index (κ3) is 3.20. The van der Waals surface area contributed by atoms with Crippen LogP contribution in [0.2, 0.25) is 0 Å². The number of benzene rings is 1. The summed E-state index contributed by atoms with van der Waals surface area (Å²) in [7, 11) is 0. The SMILES string of the molecule is CC(O)C1CCN(C(=O)c2cnn(Cc3ccccc3)c2)C1. The molecular weight excluding hydrogens is 278 g/mol. The van der Waals surface area contributed by atoms with Gasteiger partial charge in [-0.3, -0.25) is 9.48 Å². The molecule has 2 unspecified atom stereocenters. The molecule has 0 aliphatic carbocycles. The number of amides is 1. The predicted octanol–water partition coefficient (Wildman–Crippen LogP) is 1.77. The van der Waals surface area contributed by atoms with Gasteiger partial charge in [0.2, 0.25) is 0 Å². The maximum Gasteiger partial charge on any atom is 0.257 e. The van der Waals surface area contributed by atoms with E-state index >= 15 is 0 Å². The average molecular weight is 299 g/mol. The van der Waals surface area contributed by atoms with E-state index in [9.17, 15) is 9.90 Å². The zero-order chi connectivity index (χ0) is 15.5. The quantitative estimate of drug-likeness (QED) is 0.936. The average Bonchev–Trinajstić information content (AvgIpc) is 3.17. The van der Waals surface area contributed by atoms with Gasteiger partial charge in [0.15, 0.2) is 0 Å². The van der Waals surface area contributed by atoms with Crippen LogP contribution in [-0.2, 0) is 6.54 Å². The molecular formula is C17H21N3O2. The fourth-order valence-electron chi connectivity index (χ4n) is 2.88. The summed E-state index contributed by atoms with van der Waals surface area (Å²) in [5, 5.41) is 13.9. The van der Waals surface area contributed by atoms with Gasteiger partial charge in [-0.2, -0.15) is 5.10 Å².